The molecule has 7 heteroatoms. The lowest BCUT2D eigenvalue weighted by molar-refractivity contribution is -0.110. The summed E-state index contributed by atoms with van der Waals surface area (Å²) in [6.07, 6.45) is 2.65. The van der Waals surface area contributed by atoms with Crippen LogP contribution < -0.4 is 14.8 Å². The fourth-order valence-corrected chi connectivity index (χ4v) is 4.16. The van der Waals surface area contributed by atoms with Gasteiger partial charge in [0.15, 0.2) is 0 Å². The summed E-state index contributed by atoms with van der Waals surface area (Å²) in [6.45, 7) is 0. The molecule has 2 aliphatic rings. The number of fused-ring (bicyclic) bond motifs is 2. The molecule has 0 saturated heterocycles. The molecule has 26 heavy (non-hydrogen) atoms. The molecular formula is C19H17N2O4S. The third-order valence-corrected chi connectivity index (χ3v) is 6.14. The van der Waals surface area contributed by atoms with Gasteiger partial charge in [-0.15, -0.1) is 0 Å². The van der Waals surface area contributed by atoms with Gasteiger partial charge in [-0.05, 0) is 66.9 Å². The molecule has 1 aliphatic carbocycles. The van der Waals surface area contributed by atoms with Crippen LogP contribution in [0.3, 0.4) is 0 Å². The number of methoxy groups -OCH3 is 1. The number of ether oxygens (including phenoxy) is 1. The fourth-order valence-electron chi connectivity index (χ4n) is 3.40. The summed E-state index contributed by atoms with van der Waals surface area (Å²) < 4.78 is 31.8. The van der Waals surface area contributed by atoms with Gasteiger partial charge in [-0.1, -0.05) is 6.07 Å². The Hall–Kier alpha value is -2.64. The molecule has 2 aromatic rings. The zero-order chi connectivity index (χ0) is 18.5. The summed E-state index contributed by atoms with van der Waals surface area (Å²) in [6, 6.07) is 10.4. The average molecular weight is 369 g/mol. The van der Waals surface area contributed by atoms with Crippen LogP contribution in [-0.2, 0) is 14.8 Å². The summed E-state index contributed by atoms with van der Waals surface area (Å²) in [5.41, 5.74) is 4.61. The van der Waals surface area contributed by atoms with E-state index in [4.69, 9.17) is 4.74 Å². The van der Waals surface area contributed by atoms with Gasteiger partial charge >= 0.3 is 0 Å². The molecule has 2 N–H and O–H groups in total. The van der Waals surface area contributed by atoms with Crippen molar-refractivity contribution in [3.8, 4) is 5.75 Å². The highest BCUT2D eigenvalue weighted by Crippen LogP contribution is 2.44. The van der Waals surface area contributed by atoms with Crippen molar-refractivity contribution in [3.05, 3.63) is 59.5 Å². The molecule has 1 aliphatic heterocycles. The first-order valence-corrected chi connectivity index (χ1v) is 9.57. The molecule has 0 fully saturated rings. The van der Waals surface area contributed by atoms with Crippen LogP contribution in [0.4, 0.5) is 5.69 Å². The van der Waals surface area contributed by atoms with Crippen molar-refractivity contribution in [2.75, 3.05) is 19.5 Å². The quantitative estimate of drug-likeness (QED) is 0.814. The first-order valence-electron chi connectivity index (χ1n) is 8.08. The predicted octanol–water partition coefficient (Wildman–Crippen LogP) is 2.42. The molecule has 0 spiro atoms. The number of amides is 1. The Balaban J connectivity index is 1.90. The van der Waals surface area contributed by atoms with Crippen molar-refractivity contribution in [2.24, 2.45) is 0 Å². The lowest BCUT2D eigenvalue weighted by atomic mass is 9.96. The van der Waals surface area contributed by atoms with Gasteiger partial charge in [-0.3, -0.25) is 4.79 Å². The zero-order valence-corrected chi connectivity index (χ0v) is 15.1. The van der Waals surface area contributed by atoms with E-state index < -0.39 is 10.0 Å². The van der Waals surface area contributed by atoms with Crippen LogP contribution in [0.5, 0.6) is 5.75 Å². The van der Waals surface area contributed by atoms with Gasteiger partial charge in [0.25, 0.3) is 5.91 Å². The summed E-state index contributed by atoms with van der Waals surface area (Å²) >= 11 is 0. The second kappa shape index (κ2) is 5.96. The standard InChI is InChI=1S/C19H17N2O4S/c1-20-26(23,24)13-5-8-17-16(10-13)18(19(22)21-17)15-6-3-11-9-12(25-2)4-7-14(11)15/h3-5,7-10,20H,6H2,1-2H3,(H,21,22)/b18-15-. The molecule has 0 saturated carbocycles. The summed E-state index contributed by atoms with van der Waals surface area (Å²) in [7, 11) is -0.616. The number of allylic oxidation sites excluding steroid dienone is 1. The van der Waals surface area contributed by atoms with Crippen molar-refractivity contribution in [1.29, 1.82) is 0 Å². The summed E-state index contributed by atoms with van der Waals surface area (Å²) in [5, 5.41) is 2.82. The number of rotatable bonds is 3. The first kappa shape index (κ1) is 16.8. The molecule has 1 radical (unpaired) electrons. The second-order valence-corrected chi connectivity index (χ2v) is 7.97. The van der Waals surface area contributed by atoms with E-state index in [2.05, 4.69) is 10.0 Å². The Morgan fingerprint density at radius 2 is 1.92 bits per heavy atom. The monoisotopic (exact) mass is 369 g/mol. The van der Waals surface area contributed by atoms with Gasteiger partial charge in [0, 0.05) is 11.3 Å². The topological polar surface area (TPSA) is 84.5 Å². The molecule has 1 amide bonds. The molecule has 6 nitrogen and oxygen atoms in total. The minimum absolute atomic E-state index is 0.130. The van der Waals surface area contributed by atoms with Gasteiger partial charge in [-0.2, -0.15) is 0 Å². The summed E-state index contributed by atoms with van der Waals surface area (Å²) in [5.74, 6) is 0.538. The maximum atomic E-state index is 12.6. The second-order valence-electron chi connectivity index (χ2n) is 6.08. The number of hydrogen-bond acceptors (Lipinski definition) is 4. The Labute approximate surface area is 151 Å². The van der Waals surface area contributed by atoms with Gasteiger partial charge in [-0.25, -0.2) is 13.1 Å². The number of benzene rings is 2. The van der Waals surface area contributed by atoms with E-state index in [0.29, 0.717) is 23.2 Å². The minimum atomic E-state index is -3.59. The molecule has 0 aromatic heterocycles. The van der Waals surface area contributed by atoms with Crippen molar-refractivity contribution in [1.82, 2.24) is 4.72 Å². The highest BCUT2D eigenvalue weighted by molar-refractivity contribution is 7.89. The third kappa shape index (κ3) is 2.51. The Morgan fingerprint density at radius 1 is 1.12 bits per heavy atom. The number of anilines is 1. The SMILES string of the molecule is CNS(=O)(=O)c1ccc2c(c1)/C(=C1\C[CH]c3cc(OC)ccc31)C(=O)N2. The predicted molar refractivity (Wildman–Crippen MR) is 99.1 cm³/mol. The summed E-state index contributed by atoms with van der Waals surface area (Å²) in [4.78, 5) is 12.7. The molecule has 2 aromatic carbocycles. The van der Waals surface area contributed by atoms with E-state index >= 15 is 0 Å². The molecular weight excluding hydrogens is 352 g/mol. The Bertz CT molecular complexity index is 1070. The molecule has 0 atom stereocenters. The van der Waals surface area contributed by atoms with E-state index in [-0.39, 0.29) is 10.8 Å². The smallest absolute Gasteiger partial charge is 0.256 e. The van der Waals surface area contributed by atoms with Gasteiger partial charge in [0.2, 0.25) is 10.0 Å². The van der Waals surface area contributed by atoms with Crippen LogP contribution in [0.15, 0.2) is 41.3 Å². The number of carbonyl (C=O) groups is 1. The lowest BCUT2D eigenvalue weighted by Crippen LogP contribution is -2.18. The zero-order valence-electron chi connectivity index (χ0n) is 14.3. The molecule has 0 bridgehead atoms. The van der Waals surface area contributed by atoms with E-state index in [9.17, 15) is 13.2 Å². The van der Waals surface area contributed by atoms with Gasteiger partial charge < -0.3 is 10.1 Å². The van der Waals surface area contributed by atoms with E-state index in [1.54, 1.807) is 19.2 Å². The minimum Gasteiger partial charge on any atom is -0.497 e. The van der Waals surface area contributed by atoms with Crippen LogP contribution in [0.25, 0.3) is 11.1 Å². The maximum Gasteiger partial charge on any atom is 0.256 e. The average Bonchev–Trinajstić information content (AvgIpc) is 3.19. The fraction of sp³-hybridized carbons (Fsp3) is 0.158. The molecule has 0 unspecified atom stereocenters. The molecule has 1 heterocycles. The number of nitrogens with one attached hydrogen (secondary N) is 2. The van der Waals surface area contributed by atoms with Crippen LogP contribution in [-0.4, -0.2) is 28.5 Å². The van der Waals surface area contributed by atoms with Gasteiger partial charge in [0.05, 0.1) is 17.6 Å². The van der Waals surface area contributed by atoms with Crippen molar-refractivity contribution < 1.29 is 17.9 Å². The van der Waals surface area contributed by atoms with Crippen LogP contribution in [0.2, 0.25) is 0 Å². The third-order valence-electron chi connectivity index (χ3n) is 4.73. The van der Waals surface area contributed by atoms with E-state index in [0.717, 1.165) is 22.4 Å². The van der Waals surface area contributed by atoms with Crippen LogP contribution >= 0.6 is 0 Å². The van der Waals surface area contributed by atoms with Crippen LogP contribution in [0.1, 0.15) is 23.1 Å². The van der Waals surface area contributed by atoms with Crippen molar-refractivity contribution in [3.63, 3.8) is 0 Å². The molecule has 4 rings (SSSR count). The highest BCUT2D eigenvalue weighted by atomic mass is 32.2. The normalized spacial score (nSPS) is 18.5. The van der Waals surface area contributed by atoms with Crippen LogP contribution in [0, 0.1) is 6.42 Å². The van der Waals surface area contributed by atoms with E-state index in [1.165, 1.54) is 13.1 Å². The van der Waals surface area contributed by atoms with Gasteiger partial charge in [0.1, 0.15) is 5.75 Å². The Morgan fingerprint density at radius 3 is 2.65 bits per heavy atom. The van der Waals surface area contributed by atoms with Crippen molar-refractivity contribution in [2.45, 2.75) is 11.3 Å². The first-order chi connectivity index (χ1) is 12.4. The highest BCUT2D eigenvalue weighted by Gasteiger charge is 2.32. The Kier molecular flexibility index (Phi) is 3.86. The maximum absolute atomic E-state index is 12.6. The lowest BCUT2D eigenvalue weighted by Gasteiger charge is -2.08. The largest absolute Gasteiger partial charge is 0.497 e. The number of hydrogen-bond donors (Lipinski definition) is 2. The molecule has 133 valence electrons. The van der Waals surface area contributed by atoms with E-state index in [1.807, 2.05) is 24.6 Å². The number of sulfonamides is 1. The van der Waals surface area contributed by atoms with Crippen molar-refractivity contribution >= 4 is 32.8 Å². The number of carbonyl (C=O) groups excluding carboxylic acids is 1.